The van der Waals surface area contributed by atoms with Crippen molar-refractivity contribution in [3.8, 4) is 0 Å². The van der Waals surface area contributed by atoms with E-state index in [0.29, 0.717) is 5.02 Å². The molecule has 0 fully saturated rings. The van der Waals surface area contributed by atoms with Gasteiger partial charge in [0.2, 0.25) is 5.91 Å². The molecule has 0 atom stereocenters. The van der Waals surface area contributed by atoms with Gasteiger partial charge in [0.05, 0.1) is 0 Å². The number of amides is 1. The number of benzene rings is 1. The predicted molar refractivity (Wildman–Crippen MR) is 59.3 cm³/mol. The number of nitrogens with one attached hydrogen (secondary N) is 1. The van der Waals surface area contributed by atoms with Crippen molar-refractivity contribution in [1.82, 2.24) is 5.32 Å². The zero-order valence-electron chi connectivity index (χ0n) is 8.17. The highest BCUT2D eigenvalue weighted by Crippen LogP contribution is 2.18. The van der Waals surface area contributed by atoms with Crippen LogP contribution in [0.1, 0.15) is 11.1 Å². The van der Waals surface area contributed by atoms with Crippen LogP contribution in [0.5, 0.6) is 0 Å². The minimum absolute atomic E-state index is 0.137. The molecule has 1 N–H and O–H groups in total. The van der Waals surface area contributed by atoms with Crippen LogP contribution < -0.4 is 5.32 Å². The van der Waals surface area contributed by atoms with Crippen molar-refractivity contribution in [2.45, 2.75) is 6.92 Å². The van der Waals surface area contributed by atoms with E-state index < -0.39 is 0 Å². The molecule has 1 aromatic carbocycles. The fourth-order valence-corrected chi connectivity index (χ4v) is 1.31. The van der Waals surface area contributed by atoms with E-state index in [1.807, 2.05) is 25.1 Å². The van der Waals surface area contributed by atoms with Crippen molar-refractivity contribution in [2.75, 3.05) is 7.05 Å². The molecular weight excluding hydrogens is 198 g/mol. The van der Waals surface area contributed by atoms with Crippen molar-refractivity contribution in [1.29, 1.82) is 0 Å². The Labute approximate surface area is 88.6 Å². The highest BCUT2D eigenvalue weighted by Gasteiger charge is 1.96. The van der Waals surface area contributed by atoms with Crippen LogP contribution in [0.2, 0.25) is 5.02 Å². The van der Waals surface area contributed by atoms with Gasteiger partial charge in [-0.1, -0.05) is 23.7 Å². The molecule has 0 spiro atoms. The molecule has 0 aliphatic rings. The number of halogens is 1. The van der Waals surface area contributed by atoms with Gasteiger partial charge in [-0.15, -0.1) is 0 Å². The summed E-state index contributed by atoms with van der Waals surface area (Å²) in [5, 5.41) is 3.15. The number of carbonyl (C=O) groups is 1. The second kappa shape index (κ2) is 4.82. The van der Waals surface area contributed by atoms with Gasteiger partial charge in [-0.25, -0.2) is 0 Å². The normalized spacial score (nSPS) is 10.5. The Morgan fingerprint density at radius 2 is 2.21 bits per heavy atom. The maximum absolute atomic E-state index is 10.9. The first-order valence-corrected chi connectivity index (χ1v) is 4.67. The first kappa shape index (κ1) is 10.8. The highest BCUT2D eigenvalue weighted by molar-refractivity contribution is 6.32. The Morgan fingerprint density at radius 3 is 2.79 bits per heavy atom. The van der Waals surface area contributed by atoms with Crippen LogP contribution in [-0.4, -0.2) is 13.0 Å². The quantitative estimate of drug-likeness (QED) is 0.745. The van der Waals surface area contributed by atoms with Gasteiger partial charge in [-0.05, 0) is 30.2 Å². The van der Waals surface area contributed by atoms with Gasteiger partial charge in [0.1, 0.15) is 0 Å². The lowest BCUT2D eigenvalue weighted by atomic mass is 10.1. The molecule has 74 valence electrons. The lowest BCUT2D eigenvalue weighted by Gasteiger charge is -1.99. The summed E-state index contributed by atoms with van der Waals surface area (Å²) in [6, 6.07) is 5.71. The fraction of sp³-hybridized carbons (Fsp3) is 0.182. The molecule has 0 saturated heterocycles. The molecule has 0 saturated carbocycles. The second-order valence-corrected chi connectivity index (χ2v) is 3.38. The molecule has 1 aromatic rings. The summed E-state index contributed by atoms with van der Waals surface area (Å²) < 4.78 is 0. The largest absolute Gasteiger partial charge is 0.356 e. The number of carbonyl (C=O) groups excluding carboxylic acids is 1. The molecule has 0 heterocycles. The smallest absolute Gasteiger partial charge is 0.243 e. The molecule has 0 aromatic heterocycles. The zero-order chi connectivity index (χ0) is 10.6. The van der Waals surface area contributed by atoms with Crippen LogP contribution in [0.15, 0.2) is 24.3 Å². The van der Waals surface area contributed by atoms with Gasteiger partial charge in [0, 0.05) is 18.1 Å². The van der Waals surface area contributed by atoms with Crippen molar-refractivity contribution in [3.05, 3.63) is 40.4 Å². The average Bonchev–Trinajstić information content (AvgIpc) is 2.16. The van der Waals surface area contributed by atoms with Crippen molar-refractivity contribution >= 4 is 23.6 Å². The molecule has 0 bridgehead atoms. The summed E-state index contributed by atoms with van der Waals surface area (Å²) in [5.41, 5.74) is 1.95. The van der Waals surface area contributed by atoms with Crippen molar-refractivity contribution in [3.63, 3.8) is 0 Å². The molecule has 3 heteroatoms. The van der Waals surface area contributed by atoms with Gasteiger partial charge in [-0.3, -0.25) is 4.79 Å². The van der Waals surface area contributed by atoms with Crippen LogP contribution in [-0.2, 0) is 4.79 Å². The molecule has 14 heavy (non-hydrogen) atoms. The minimum Gasteiger partial charge on any atom is -0.356 e. The number of likely N-dealkylation sites (N-methyl/N-ethyl adjacent to an activating group) is 1. The Balaban J connectivity index is 2.87. The lowest BCUT2D eigenvalue weighted by Crippen LogP contribution is -2.13. The Bertz CT molecular complexity index is 372. The van der Waals surface area contributed by atoms with E-state index >= 15 is 0 Å². The maximum atomic E-state index is 10.9. The molecule has 1 rings (SSSR count). The van der Waals surface area contributed by atoms with Gasteiger partial charge in [-0.2, -0.15) is 0 Å². The standard InChI is InChI=1S/C11H12ClNO/c1-8-3-4-9(10(12)7-8)5-6-11(14)13-2/h3-7H,1-2H3,(H,13,14)/b6-5+. The fourth-order valence-electron chi connectivity index (χ4n) is 1.02. The van der Waals surface area contributed by atoms with E-state index in [-0.39, 0.29) is 5.91 Å². The van der Waals surface area contributed by atoms with Gasteiger partial charge in [0.15, 0.2) is 0 Å². The van der Waals surface area contributed by atoms with Crippen molar-refractivity contribution < 1.29 is 4.79 Å². The third-order valence-electron chi connectivity index (χ3n) is 1.82. The monoisotopic (exact) mass is 209 g/mol. The van der Waals surface area contributed by atoms with Crippen molar-refractivity contribution in [2.24, 2.45) is 0 Å². The Morgan fingerprint density at radius 1 is 1.50 bits per heavy atom. The summed E-state index contributed by atoms with van der Waals surface area (Å²) in [5.74, 6) is -0.137. The molecule has 0 radical (unpaired) electrons. The highest BCUT2D eigenvalue weighted by atomic mass is 35.5. The summed E-state index contributed by atoms with van der Waals surface area (Å²) in [6.45, 7) is 1.97. The Kier molecular flexibility index (Phi) is 3.72. The molecule has 0 aliphatic heterocycles. The molecule has 1 amide bonds. The summed E-state index contributed by atoms with van der Waals surface area (Å²) in [7, 11) is 1.59. The lowest BCUT2D eigenvalue weighted by molar-refractivity contribution is -0.115. The van der Waals surface area contributed by atoms with E-state index in [2.05, 4.69) is 5.32 Å². The Hall–Kier alpha value is -1.28. The molecule has 0 unspecified atom stereocenters. The third kappa shape index (κ3) is 2.89. The molecule has 0 aliphatic carbocycles. The third-order valence-corrected chi connectivity index (χ3v) is 2.14. The SMILES string of the molecule is CNC(=O)/C=C/c1ccc(C)cc1Cl. The van der Waals surface area contributed by atoms with Crippen LogP contribution in [0.4, 0.5) is 0 Å². The van der Waals surface area contributed by atoms with E-state index in [1.165, 1.54) is 6.08 Å². The number of hydrogen-bond acceptors (Lipinski definition) is 1. The zero-order valence-corrected chi connectivity index (χ0v) is 8.93. The van der Waals surface area contributed by atoms with Gasteiger partial charge in [0.25, 0.3) is 0 Å². The maximum Gasteiger partial charge on any atom is 0.243 e. The average molecular weight is 210 g/mol. The van der Waals surface area contributed by atoms with Crippen LogP contribution in [0.3, 0.4) is 0 Å². The van der Waals surface area contributed by atoms with Gasteiger partial charge >= 0.3 is 0 Å². The van der Waals surface area contributed by atoms with E-state index in [1.54, 1.807) is 13.1 Å². The van der Waals surface area contributed by atoms with Gasteiger partial charge < -0.3 is 5.32 Å². The van der Waals surface area contributed by atoms with Crippen LogP contribution >= 0.6 is 11.6 Å². The van der Waals surface area contributed by atoms with E-state index in [4.69, 9.17) is 11.6 Å². The number of aryl methyl sites for hydroxylation is 1. The van der Waals surface area contributed by atoms with Crippen LogP contribution in [0, 0.1) is 6.92 Å². The first-order chi connectivity index (χ1) is 6.63. The van der Waals surface area contributed by atoms with E-state index in [9.17, 15) is 4.79 Å². The number of hydrogen-bond donors (Lipinski definition) is 1. The summed E-state index contributed by atoms with van der Waals surface area (Å²) in [6.07, 6.45) is 3.15. The molecular formula is C11H12ClNO. The van der Waals surface area contributed by atoms with E-state index in [0.717, 1.165) is 11.1 Å². The summed E-state index contributed by atoms with van der Waals surface area (Å²) in [4.78, 5) is 10.9. The van der Waals surface area contributed by atoms with Crippen LogP contribution in [0.25, 0.3) is 6.08 Å². The predicted octanol–water partition coefficient (Wildman–Crippen LogP) is 2.41. The molecule has 2 nitrogen and oxygen atoms in total. The second-order valence-electron chi connectivity index (χ2n) is 2.97. The summed E-state index contributed by atoms with van der Waals surface area (Å²) >= 11 is 5.97. The topological polar surface area (TPSA) is 29.1 Å². The number of rotatable bonds is 2. The minimum atomic E-state index is -0.137. The first-order valence-electron chi connectivity index (χ1n) is 4.29.